The fourth-order valence-corrected chi connectivity index (χ4v) is 1.77. The molecule has 0 aliphatic carbocycles. The van der Waals surface area contributed by atoms with Gasteiger partial charge in [-0.15, -0.1) is 0 Å². The van der Waals surface area contributed by atoms with Crippen molar-refractivity contribution in [1.82, 2.24) is 9.55 Å². The van der Waals surface area contributed by atoms with Gasteiger partial charge in [0.1, 0.15) is 22.0 Å². The maximum atomic E-state index is 10.6. The smallest absolute Gasteiger partial charge is 0.306 e. The van der Waals surface area contributed by atoms with Crippen LogP contribution in [-0.4, -0.2) is 14.5 Å². The van der Waals surface area contributed by atoms with Crippen molar-refractivity contribution in [2.75, 3.05) is 0 Å². The number of nitrogens with zero attached hydrogens (tertiary/aromatic N) is 3. The highest BCUT2D eigenvalue weighted by atomic mass is 35.5. The lowest BCUT2D eigenvalue weighted by molar-refractivity contribution is -0.384. The predicted molar refractivity (Wildman–Crippen MR) is 57.4 cm³/mol. The van der Waals surface area contributed by atoms with Gasteiger partial charge in [0.05, 0.1) is 4.92 Å². The van der Waals surface area contributed by atoms with Gasteiger partial charge in [-0.1, -0.05) is 23.2 Å². The van der Waals surface area contributed by atoms with Gasteiger partial charge < -0.3 is 4.57 Å². The van der Waals surface area contributed by atoms with E-state index in [0.717, 1.165) is 6.20 Å². The second kappa shape index (κ2) is 3.36. The van der Waals surface area contributed by atoms with Crippen LogP contribution < -0.4 is 0 Å². The highest BCUT2D eigenvalue weighted by Gasteiger charge is 2.18. The van der Waals surface area contributed by atoms with Crippen molar-refractivity contribution < 1.29 is 4.92 Å². The van der Waals surface area contributed by atoms with E-state index in [2.05, 4.69) is 4.98 Å². The van der Waals surface area contributed by atoms with Crippen LogP contribution in [0.2, 0.25) is 10.2 Å². The SMILES string of the molecule is Cn1c(Cl)cc2c(Cl)c([N+](=O)[O-])cnc21. The van der Waals surface area contributed by atoms with Crippen molar-refractivity contribution in [3.63, 3.8) is 0 Å². The molecule has 0 atom stereocenters. The molecule has 0 aliphatic rings. The van der Waals surface area contributed by atoms with Gasteiger partial charge in [-0.3, -0.25) is 10.1 Å². The van der Waals surface area contributed by atoms with E-state index >= 15 is 0 Å². The second-order valence-corrected chi connectivity index (χ2v) is 3.74. The fourth-order valence-electron chi connectivity index (χ4n) is 1.32. The summed E-state index contributed by atoms with van der Waals surface area (Å²) in [6.45, 7) is 0. The Balaban J connectivity index is 2.85. The highest BCUT2D eigenvalue weighted by molar-refractivity contribution is 6.38. The summed E-state index contributed by atoms with van der Waals surface area (Å²) in [4.78, 5) is 14.0. The number of aryl methyl sites for hydroxylation is 1. The van der Waals surface area contributed by atoms with E-state index in [4.69, 9.17) is 23.2 Å². The molecule has 0 saturated heterocycles. The third-order valence-electron chi connectivity index (χ3n) is 2.11. The normalized spacial score (nSPS) is 10.9. The van der Waals surface area contributed by atoms with Crippen molar-refractivity contribution in [1.29, 1.82) is 0 Å². The van der Waals surface area contributed by atoms with Gasteiger partial charge in [0, 0.05) is 12.4 Å². The molecule has 0 amide bonds. The Morgan fingerprint density at radius 3 is 2.80 bits per heavy atom. The molecule has 2 heterocycles. The molecule has 2 rings (SSSR count). The van der Waals surface area contributed by atoms with Gasteiger partial charge in [-0.25, -0.2) is 4.98 Å². The Morgan fingerprint density at radius 1 is 1.53 bits per heavy atom. The Hall–Kier alpha value is -1.33. The fraction of sp³-hybridized carbons (Fsp3) is 0.125. The number of rotatable bonds is 1. The molecule has 2 aromatic heterocycles. The predicted octanol–water partition coefficient (Wildman–Crippen LogP) is 2.79. The molecule has 0 bridgehead atoms. The molecule has 0 N–H and O–H groups in total. The Labute approximate surface area is 94.4 Å². The topological polar surface area (TPSA) is 61.0 Å². The zero-order valence-corrected chi connectivity index (χ0v) is 9.08. The van der Waals surface area contributed by atoms with Gasteiger partial charge in [0.25, 0.3) is 0 Å². The third kappa shape index (κ3) is 1.44. The van der Waals surface area contributed by atoms with Crippen LogP contribution in [0.3, 0.4) is 0 Å². The molecule has 78 valence electrons. The molecule has 0 fully saturated rings. The lowest BCUT2D eigenvalue weighted by Crippen LogP contribution is -1.93. The monoisotopic (exact) mass is 245 g/mol. The Morgan fingerprint density at radius 2 is 2.20 bits per heavy atom. The molecule has 2 aromatic rings. The number of aromatic nitrogens is 2. The quantitative estimate of drug-likeness (QED) is 0.574. The standard InChI is InChI=1S/C8H5Cl2N3O2/c1-12-6(9)2-4-7(10)5(13(14)15)3-11-8(4)12/h2-3H,1H3. The number of fused-ring (bicyclic) bond motifs is 1. The van der Waals surface area contributed by atoms with Gasteiger partial charge in [-0.05, 0) is 6.07 Å². The first-order valence-electron chi connectivity index (χ1n) is 3.96. The van der Waals surface area contributed by atoms with E-state index in [1.54, 1.807) is 17.7 Å². The van der Waals surface area contributed by atoms with Crippen LogP contribution >= 0.6 is 23.2 Å². The molecule has 5 nitrogen and oxygen atoms in total. The number of hydrogen-bond donors (Lipinski definition) is 0. The number of hydrogen-bond acceptors (Lipinski definition) is 3. The van der Waals surface area contributed by atoms with Crippen LogP contribution in [0, 0.1) is 10.1 Å². The average molecular weight is 246 g/mol. The molecule has 0 radical (unpaired) electrons. The third-order valence-corrected chi connectivity index (χ3v) is 2.87. The van der Waals surface area contributed by atoms with E-state index in [-0.39, 0.29) is 10.7 Å². The van der Waals surface area contributed by atoms with E-state index in [9.17, 15) is 10.1 Å². The minimum absolute atomic E-state index is 0.0625. The zero-order valence-electron chi connectivity index (χ0n) is 7.57. The highest BCUT2D eigenvalue weighted by Crippen LogP contribution is 2.33. The maximum Gasteiger partial charge on any atom is 0.306 e. The molecule has 0 spiro atoms. The van der Waals surface area contributed by atoms with E-state index in [0.29, 0.717) is 16.2 Å². The average Bonchev–Trinajstić information content (AvgIpc) is 2.45. The van der Waals surface area contributed by atoms with Crippen molar-refractivity contribution >= 4 is 39.9 Å². The molecule has 15 heavy (non-hydrogen) atoms. The summed E-state index contributed by atoms with van der Waals surface area (Å²) in [5.41, 5.74) is 0.307. The van der Waals surface area contributed by atoms with E-state index in [1.807, 2.05) is 0 Å². The summed E-state index contributed by atoms with van der Waals surface area (Å²) in [6.07, 6.45) is 1.13. The summed E-state index contributed by atoms with van der Waals surface area (Å²) < 4.78 is 1.60. The van der Waals surface area contributed by atoms with E-state index in [1.165, 1.54) is 0 Å². The van der Waals surface area contributed by atoms with Gasteiger partial charge >= 0.3 is 5.69 Å². The molecular formula is C8H5Cl2N3O2. The number of halogens is 2. The van der Waals surface area contributed by atoms with Gasteiger partial charge in [0.2, 0.25) is 0 Å². The second-order valence-electron chi connectivity index (χ2n) is 2.98. The first-order chi connectivity index (χ1) is 7.02. The van der Waals surface area contributed by atoms with Crippen molar-refractivity contribution in [3.05, 3.63) is 32.6 Å². The van der Waals surface area contributed by atoms with Crippen LogP contribution in [0.5, 0.6) is 0 Å². The molecule has 0 saturated carbocycles. The van der Waals surface area contributed by atoms with Crippen molar-refractivity contribution in [3.8, 4) is 0 Å². The minimum Gasteiger partial charge on any atom is -0.319 e. The summed E-state index contributed by atoms with van der Waals surface area (Å²) in [5.74, 6) is 0. The summed E-state index contributed by atoms with van der Waals surface area (Å²) >= 11 is 11.7. The molecule has 0 aliphatic heterocycles. The van der Waals surface area contributed by atoms with Gasteiger partial charge in [0.15, 0.2) is 0 Å². The number of nitro groups is 1. The first-order valence-corrected chi connectivity index (χ1v) is 4.71. The zero-order chi connectivity index (χ0) is 11.2. The van der Waals surface area contributed by atoms with Crippen LogP contribution in [0.15, 0.2) is 12.3 Å². The van der Waals surface area contributed by atoms with Crippen molar-refractivity contribution in [2.45, 2.75) is 0 Å². The number of pyridine rings is 1. The summed E-state index contributed by atoms with van der Waals surface area (Å²) in [5, 5.41) is 11.6. The van der Waals surface area contributed by atoms with Crippen LogP contribution in [0.4, 0.5) is 5.69 Å². The molecule has 7 heteroatoms. The molecule has 0 aromatic carbocycles. The first kappa shape index (κ1) is 10.2. The van der Waals surface area contributed by atoms with Crippen LogP contribution in [0.1, 0.15) is 0 Å². The van der Waals surface area contributed by atoms with E-state index < -0.39 is 4.92 Å². The molecular weight excluding hydrogens is 241 g/mol. The minimum atomic E-state index is -0.574. The summed E-state index contributed by atoms with van der Waals surface area (Å²) in [6, 6.07) is 1.55. The Kier molecular flexibility index (Phi) is 2.28. The van der Waals surface area contributed by atoms with Gasteiger partial charge in [-0.2, -0.15) is 0 Å². The van der Waals surface area contributed by atoms with Crippen LogP contribution in [-0.2, 0) is 7.05 Å². The largest absolute Gasteiger partial charge is 0.319 e. The van der Waals surface area contributed by atoms with Crippen LogP contribution in [0.25, 0.3) is 11.0 Å². The lowest BCUT2D eigenvalue weighted by atomic mass is 10.3. The maximum absolute atomic E-state index is 10.6. The lowest BCUT2D eigenvalue weighted by Gasteiger charge is -1.98. The Bertz CT molecular complexity index is 565. The summed E-state index contributed by atoms with van der Waals surface area (Å²) in [7, 11) is 1.71. The molecule has 0 unspecified atom stereocenters. The van der Waals surface area contributed by atoms with Crippen molar-refractivity contribution in [2.24, 2.45) is 7.05 Å².